The molecule has 33 heavy (non-hydrogen) atoms. The molecule has 11 heteroatoms. The topological polar surface area (TPSA) is 105 Å². The van der Waals surface area contributed by atoms with E-state index in [2.05, 4.69) is 20.2 Å². The summed E-state index contributed by atoms with van der Waals surface area (Å²) in [5.41, 5.74) is 7.65. The van der Waals surface area contributed by atoms with Gasteiger partial charge in [0.05, 0.1) is 22.8 Å². The highest BCUT2D eigenvalue weighted by Gasteiger charge is 2.34. The first kappa shape index (κ1) is 21.2. The Bertz CT molecular complexity index is 1500. The molecule has 0 radical (unpaired) electrons. The monoisotopic (exact) mass is 468 g/mol. The highest BCUT2D eigenvalue weighted by atomic mass is 32.2. The summed E-state index contributed by atoms with van der Waals surface area (Å²) < 4.78 is 53.4. The van der Waals surface area contributed by atoms with Gasteiger partial charge in [-0.15, -0.1) is 10.2 Å². The van der Waals surface area contributed by atoms with Crippen LogP contribution in [0.5, 0.6) is 0 Å². The Morgan fingerprint density at radius 1 is 0.909 bits per heavy atom. The first-order chi connectivity index (χ1) is 15.7. The Labute approximate surface area is 188 Å². The van der Waals surface area contributed by atoms with Gasteiger partial charge >= 0.3 is 6.18 Å². The van der Waals surface area contributed by atoms with Crippen molar-refractivity contribution in [3.8, 4) is 22.5 Å². The summed E-state index contributed by atoms with van der Waals surface area (Å²) >= 11 is -1.12. The summed E-state index contributed by atoms with van der Waals surface area (Å²) in [4.78, 5) is 8.79. The molecule has 5 aromatic rings. The van der Waals surface area contributed by atoms with Crippen molar-refractivity contribution in [2.24, 2.45) is 0 Å². The molecule has 0 bridgehead atoms. The van der Waals surface area contributed by atoms with Gasteiger partial charge in [-0.2, -0.15) is 13.2 Å². The van der Waals surface area contributed by atoms with Crippen LogP contribution in [0.3, 0.4) is 0 Å². The predicted molar refractivity (Wildman–Crippen MR) is 119 cm³/mol. The Kier molecular flexibility index (Phi) is 4.94. The van der Waals surface area contributed by atoms with Gasteiger partial charge in [-0.1, -0.05) is 6.07 Å². The number of halogens is 3. The lowest BCUT2D eigenvalue weighted by molar-refractivity contribution is -0.137. The molecule has 0 spiro atoms. The molecule has 3 aromatic heterocycles. The number of hydrogen-bond acceptors (Lipinski definition) is 6. The van der Waals surface area contributed by atoms with Crippen LogP contribution in [-0.2, 0) is 17.4 Å². The lowest BCUT2D eigenvalue weighted by atomic mass is 10.0. The van der Waals surface area contributed by atoms with Gasteiger partial charge in [0.1, 0.15) is 12.1 Å². The molecule has 1 atom stereocenters. The normalized spacial score (nSPS) is 13.0. The van der Waals surface area contributed by atoms with Crippen LogP contribution in [0.25, 0.3) is 39.2 Å². The van der Waals surface area contributed by atoms with Crippen LogP contribution in [0.2, 0.25) is 0 Å². The summed E-state index contributed by atoms with van der Waals surface area (Å²) in [5, 5.41) is 8.45. The van der Waals surface area contributed by atoms with E-state index in [0.717, 1.165) is 11.6 Å². The van der Waals surface area contributed by atoms with Crippen LogP contribution in [0.15, 0.2) is 65.8 Å². The molecule has 0 fully saturated rings. The molecule has 166 valence electrons. The van der Waals surface area contributed by atoms with Crippen molar-refractivity contribution in [3.05, 3.63) is 66.5 Å². The number of benzene rings is 2. The number of pyridine rings is 1. The summed E-state index contributed by atoms with van der Waals surface area (Å²) in [7, 11) is 0. The van der Waals surface area contributed by atoms with Crippen LogP contribution < -0.4 is 5.73 Å². The number of anilines is 1. The van der Waals surface area contributed by atoms with Gasteiger partial charge in [0, 0.05) is 17.3 Å². The fourth-order valence-corrected chi connectivity index (χ4v) is 4.10. The molecule has 0 saturated heterocycles. The molecule has 0 aliphatic rings. The molecule has 2 N–H and O–H groups in total. The zero-order valence-corrected chi connectivity index (χ0v) is 17.9. The molecule has 0 saturated carbocycles. The van der Waals surface area contributed by atoms with Gasteiger partial charge in [-0.25, -0.2) is 4.98 Å². The summed E-state index contributed by atoms with van der Waals surface area (Å²) in [6.45, 7) is 0. The Morgan fingerprint density at radius 2 is 1.64 bits per heavy atom. The van der Waals surface area contributed by atoms with Gasteiger partial charge in [-0.3, -0.25) is 9.38 Å². The van der Waals surface area contributed by atoms with Crippen molar-refractivity contribution in [2.75, 3.05) is 12.0 Å². The van der Waals surface area contributed by atoms with E-state index in [1.54, 1.807) is 59.3 Å². The first-order valence-corrected chi connectivity index (χ1v) is 11.2. The maximum Gasteiger partial charge on any atom is 0.419 e. The number of alkyl halides is 3. The van der Waals surface area contributed by atoms with Crippen LogP contribution >= 0.6 is 0 Å². The lowest BCUT2D eigenvalue weighted by Gasteiger charge is -2.12. The minimum Gasteiger partial charge on any atom is -0.612 e. The van der Waals surface area contributed by atoms with Crippen molar-refractivity contribution in [2.45, 2.75) is 11.1 Å². The maximum atomic E-state index is 13.3. The molecular formula is C22H15F3N6OS. The minimum atomic E-state index is -4.62. The van der Waals surface area contributed by atoms with Gasteiger partial charge in [0.25, 0.3) is 0 Å². The maximum absolute atomic E-state index is 13.3. The Morgan fingerprint density at radius 3 is 2.33 bits per heavy atom. The third-order valence-electron chi connectivity index (χ3n) is 5.23. The average molecular weight is 468 g/mol. The average Bonchev–Trinajstić information content (AvgIpc) is 3.23. The largest absolute Gasteiger partial charge is 0.612 e. The Balaban J connectivity index is 1.70. The number of aromatic nitrogens is 5. The number of hydrogen-bond donors (Lipinski definition) is 1. The van der Waals surface area contributed by atoms with E-state index in [0.29, 0.717) is 33.0 Å². The molecule has 0 amide bonds. The molecule has 1 unspecified atom stereocenters. The number of fused-ring (bicyclic) bond motifs is 3. The third kappa shape index (κ3) is 3.74. The van der Waals surface area contributed by atoms with Gasteiger partial charge in [0.15, 0.2) is 16.4 Å². The van der Waals surface area contributed by atoms with E-state index in [1.807, 2.05) is 0 Å². The fourth-order valence-electron chi connectivity index (χ4n) is 3.58. The van der Waals surface area contributed by atoms with Crippen LogP contribution in [0.4, 0.5) is 19.0 Å². The Hall–Kier alpha value is -3.70. The van der Waals surface area contributed by atoms with E-state index < -0.39 is 28.7 Å². The molecule has 7 nitrogen and oxygen atoms in total. The summed E-state index contributed by atoms with van der Waals surface area (Å²) in [5.74, 6) is -0.0527. The summed E-state index contributed by atoms with van der Waals surface area (Å²) in [6.07, 6.45) is -0.149. The van der Waals surface area contributed by atoms with Crippen LogP contribution in [-0.4, -0.2) is 35.4 Å². The quantitative estimate of drug-likeness (QED) is 0.395. The van der Waals surface area contributed by atoms with Crippen molar-refractivity contribution in [1.29, 1.82) is 0 Å². The summed E-state index contributed by atoms with van der Waals surface area (Å²) in [6, 6.07) is 13.2. The van der Waals surface area contributed by atoms with Crippen molar-refractivity contribution >= 4 is 33.7 Å². The zero-order chi connectivity index (χ0) is 23.3. The first-order valence-electron chi connectivity index (χ1n) is 9.63. The van der Waals surface area contributed by atoms with Gasteiger partial charge in [0.2, 0.25) is 0 Å². The predicted octanol–water partition coefficient (Wildman–Crippen LogP) is 4.34. The molecule has 3 heterocycles. The second-order valence-corrected chi connectivity index (χ2v) is 8.69. The van der Waals surface area contributed by atoms with Crippen molar-refractivity contribution in [3.63, 3.8) is 0 Å². The van der Waals surface area contributed by atoms with E-state index in [-0.39, 0.29) is 5.56 Å². The zero-order valence-electron chi connectivity index (χ0n) is 17.0. The van der Waals surface area contributed by atoms with E-state index >= 15 is 0 Å². The number of nitrogens with zero attached hydrogens (tertiary/aromatic N) is 5. The minimum absolute atomic E-state index is 0.264. The van der Waals surface area contributed by atoms with Crippen LogP contribution in [0, 0.1) is 0 Å². The molecule has 2 aromatic carbocycles. The molecular weight excluding hydrogens is 453 g/mol. The van der Waals surface area contributed by atoms with E-state index in [9.17, 15) is 17.7 Å². The van der Waals surface area contributed by atoms with Crippen molar-refractivity contribution < 1.29 is 17.7 Å². The van der Waals surface area contributed by atoms with E-state index in [4.69, 9.17) is 5.73 Å². The van der Waals surface area contributed by atoms with E-state index in [1.165, 1.54) is 6.20 Å². The van der Waals surface area contributed by atoms with Gasteiger partial charge in [-0.05, 0) is 59.2 Å². The molecule has 0 aliphatic heterocycles. The number of rotatable bonds is 3. The molecule has 5 rings (SSSR count). The lowest BCUT2D eigenvalue weighted by Crippen LogP contribution is -2.10. The molecule has 0 aliphatic carbocycles. The standard InChI is InChI=1S/C22H15F3N6OS/c1-33(32)15-5-2-12(3-6-15)21-30-29-19-11-27-17-7-4-13(9-18(17)31(19)21)14-8-16(22(23,24)25)20(26)28-10-14/h2-11H,1H3,(H2,26,28). The second-order valence-electron chi connectivity index (χ2n) is 7.31. The number of nitrogen functional groups attached to an aromatic ring is 1. The van der Waals surface area contributed by atoms with Gasteiger partial charge < -0.3 is 10.3 Å². The SMILES string of the molecule is C[S+]([O-])c1ccc(-c2nnc3cnc4ccc(-c5cnc(N)c(C(F)(F)F)c5)cc4n23)cc1. The number of nitrogens with two attached hydrogens (primary N) is 1. The smallest absolute Gasteiger partial charge is 0.419 e. The van der Waals surface area contributed by atoms with Crippen molar-refractivity contribution in [1.82, 2.24) is 24.6 Å². The fraction of sp³-hybridized carbons (Fsp3) is 0.0909. The van der Waals surface area contributed by atoms with Crippen LogP contribution in [0.1, 0.15) is 5.56 Å². The second kappa shape index (κ2) is 7.71. The third-order valence-corrected chi connectivity index (χ3v) is 6.16. The highest BCUT2D eigenvalue weighted by molar-refractivity contribution is 7.90. The highest BCUT2D eigenvalue weighted by Crippen LogP contribution is 2.35.